The summed E-state index contributed by atoms with van der Waals surface area (Å²) in [6.07, 6.45) is 0. The zero-order valence-corrected chi connectivity index (χ0v) is 11.8. The molecule has 106 valence electrons. The molecule has 4 rings (SSSR count). The topological polar surface area (TPSA) is 59.2 Å². The van der Waals surface area contributed by atoms with Gasteiger partial charge in [-0.2, -0.15) is 0 Å². The van der Waals surface area contributed by atoms with E-state index >= 15 is 0 Å². The van der Waals surface area contributed by atoms with Crippen molar-refractivity contribution < 1.29 is 9.47 Å². The van der Waals surface area contributed by atoms with Crippen molar-refractivity contribution in [3.05, 3.63) is 47.0 Å². The third-order valence-corrected chi connectivity index (χ3v) is 3.75. The molecule has 0 amide bonds. The van der Waals surface area contributed by atoms with Gasteiger partial charge in [0.25, 0.3) is 0 Å². The Balaban J connectivity index is 1.59. The van der Waals surface area contributed by atoms with Gasteiger partial charge in [0.05, 0.1) is 11.0 Å². The fourth-order valence-electron chi connectivity index (χ4n) is 2.30. The van der Waals surface area contributed by atoms with E-state index in [-0.39, 0.29) is 6.79 Å². The summed E-state index contributed by atoms with van der Waals surface area (Å²) in [5.41, 5.74) is 2.76. The van der Waals surface area contributed by atoms with Crippen LogP contribution in [0.5, 0.6) is 11.5 Å². The number of benzene rings is 2. The lowest BCUT2D eigenvalue weighted by molar-refractivity contribution is 0.174. The number of fused-ring (bicyclic) bond motifs is 2. The molecule has 3 aromatic rings. The summed E-state index contributed by atoms with van der Waals surface area (Å²) in [6.45, 7) is 0.867. The van der Waals surface area contributed by atoms with Gasteiger partial charge in [0, 0.05) is 23.7 Å². The highest BCUT2D eigenvalue weighted by Crippen LogP contribution is 2.35. The third kappa shape index (κ3) is 2.25. The lowest BCUT2D eigenvalue weighted by Crippen LogP contribution is -2.01. The quantitative estimate of drug-likeness (QED) is 0.776. The van der Waals surface area contributed by atoms with Gasteiger partial charge in [-0.1, -0.05) is 29.8 Å². The van der Waals surface area contributed by atoms with Gasteiger partial charge in [-0.05, 0) is 11.6 Å². The zero-order chi connectivity index (χ0) is 14.2. The maximum absolute atomic E-state index is 6.13. The average molecular weight is 302 g/mol. The van der Waals surface area contributed by atoms with Crippen LogP contribution in [-0.2, 0) is 6.54 Å². The molecule has 5 nitrogen and oxygen atoms in total. The van der Waals surface area contributed by atoms with Crippen LogP contribution in [0.25, 0.3) is 11.0 Å². The highest BCUT2D eigenvalue weighted by Gasteiger charge is 2.16. The van der Waals surface area contributed by atoms with Crippen LogP contribution in [0.4, 0.5) is 5.95 Å². The van der Waals surface area contributed by atoms with E-state index in [0.717, 1.165) is 33.1 Å². The molecule has 0 radical (unpaired) electrons. The van der Waals surface area contributed by atoms with Gasteiger partial charge in [-0.15, -0.1) is 0 Å². The zero-order valence-electron chi connectivity index (χ0n) is 11.0. The maximum Gasteiger partial charge on any atom is 0.231 e. The summed E-state index contributed by atoms with van der Waals surface area (Å²) in [5, 5.41) is 3.97. The Kier molecular flexibility index (Phi) is 2.86. The van der Waals surface area contributed by atoms with E-state index in [1.807, 2.05) is 36.4 Å². The Hall–Kier alpha value is -2.40. The Morgan fingerprint density at radius 3 is 2.86 bits per heavy atom. The van der Waals surface area contributed by atoms with Crippen LogP contribution in [0.1, 0.15) is 5.56 Å². The molecule has 2 N–H and O–H groups in total. The fourth-order valence-corrected chi connectivity index (χ4v) is 2.51. The van der Waals surface area contributed by atoms with E-state index in [1.54, 1.807) is 0 Å². The van der Waals surface area contributed by atoms with Crippen LogP contribution < -0.4 is 14.8 Å². The van der Waals surface area contributed by atoms with Crippen LogP contribution in [0, 0.1) is 0 Å². The minimum absolute atomic E-state index is 0.263. The number of ether oxygens (including phenoxy) is 2. The minimum atomic E-state index is 0.263. The van der Waals surface area contributed by atoms with Gasteiger partial charge in [-0.25, -0.2) is 4.98 Å². The molecule has 0 atom stereocenters. The summed E-state index contributed by atoms with van der Waals surface area (Å²) < 4.78 is 10.7. The molecule has 0 fully saturated rings. The maximum atomic E-state index is 6.13. The Bertz CT molecular complexity index is 775. The highest BCUT2D eigenvalue weighted by atomic mass is 35.5. The first kappa shape index (κ1) is 12.3. The first-order valence-corrected chi connectivity index (χ1v) is 6.94. The summed E-state index contributed by atoms with van der Waals surface area (Å²) in [7, 11) is 0. The summed E-state index contributed by atoms with van der Waals surface area (Å²) in [5.74, 6) is 2.16. The SMILES string of the molecule is Clc1ccccc1CNc1nc2cc3c(cc2[nH]1)OCO3. The van der Waals surface area contributed by atoms with Crippen molar-refractivity contribution in [3.63, 3.8) is 0 Å². The number of aromatic amines is 1. The van der Waals surface area contributed by atoms with Gasteiger partial charge >= 0.3 is 0 Å². The van der Waals surface area contributed by atoms with Crippen LogP contribution in [-0.4, -0.2) is 16.8 Å². The second-order valence-corrected chi connectivity index (χ2v) is 5.16. The Labute approximate surface area is 125 Å². The molecule has 1 aromatic heterocycles. The first-order valence-electron chi connectivity index (χ1n) is 6.56. The van der Waals surface area contributed by atoms with E-state index in [4.69, 9.17) is 21.1 Å². The number of nitrogens with zero attached hydrogens (tertiary/aromatic N) is 1. The smallest absolute Gasteiger partial charge is 0.231 e. The molecular weight excluding hydrogens is 290 g/mol. The lowest BCUT2D eigenvalue weighted by atomic mass is 10.2. The number of aromatic nitrogens is 2. The number of rotatable bonds is 3. The molecule has 0 aliphatic carbocycles. The van der Waals surface area contributed by atoms with Crippen molar-refractivity contribution in [3.8, 4) is 11.5 Å². The molecule has 0 bridgehead atoms. The molecule has 1 aliphatic heterocycles. The highest BCUT2D eigenvalue weighted by molar-refractivity contribution is 6.31. The molecule has 0 unspecified atom stereocenters. The molecular formula is C15H12ClN3O2. The molecule has 21 heavy (non-hydrogen) atoms. The number of anilines is 1. The van der Waals surface area contributed by atoms with Gasteiger partial charge in [0.15, 0.2) is 11.5 Å². The van der Waals surface area contributed by atoms with Crippen molar-refractivity contribution in [2.75, 3.05) is 12.1 Å². The minimum Gasteiger partial charge on any atom is -0.454 e. The van der Waals surface area contributed by atoms with Crippen LogP contribution in [0.3, 0.4) is 0 Å². The van der Waals surface area contributed by atoms with Gasteiger partial charge in [-0.3, -0.25) is 0 Å². The molecule has 1 aliphatic rings. The van der Waals surface area contributed by atoms with Crippen molar-refractivity contribution in [1.29, 1.82) is 0 Å². The molecule has 2 aromatic carbocycles. The summed E-state index contributed by atoms with van der Waals surface area (Å²) in [4.78, 5) is 7.70. The fraction of sp³-hybridized carbons (Fsp3) is 0.133. The largest absolute Gasteiger partial charge is 0.454 e. The number of imidazole rings is 1. The van der Waals surface area contributed by atoms with Crippen LogP contribution in [0.15, 0.2) is 36.4 Å². The van der Waals surface area contributed by atoms with E-state index in [9.17, 15) is 0 Å². The standard InChI is InChI=1S/C15H12ClN3O2/c16-10-4-2-1-3-9(10)7-17-15-18-11-5-13-14(21-8-20-13)6-12(11)19-15/h1-6H,7-8H2,(H2,17,18,19). The van der Waals surface area contributed by atoms with Gasteiger partial charge in [0.1, 0.15) is 0 Å². The van der Waals surface area contributed by atoms with E-state index in [0.29, 0.717) is 12.5 Å². The molecule has 6 heteroatoms. The number of halogens is 1. The predicted octanol–water partition coefficient (Wildman–Crippen LogP) is 3.56. The summed E-state index contributed by atoms with van der Waals surface area (Å²) in [6, 6.07) is 11.5. The molecule has 0 saturated carbocycles. The normalized spacial score (nSPS) is 12.8. The van der Waals surface area contributed by atoms with E-state index in [1.165, 1.54) is 0 Å². The van der Waals surface area contributed by atoms with Crippen molar-refractivity contribution in [2.45, 2.75) is 6.54 Å². The van der Waals surface area contributed by atoms with Crippen molar-refractivity contribution in [1.82, 2.24) is 9.97 Å². The number of hydrogen-bond donors (Lipinski definition) is 2. The summed E-state index contributed by atoms with van der Waals surface area (Å²) >= 11 is 6.13. The second-order valence-electron chi connectivity index (χ2n) is 4.75. The Morgan fingerprint density at radius 1 is 1.19 bits per heavy atom. The second kappa shape index (κ2) is 4.86. The predicted molar refractivity (Wildman–Crippen MR) is 81.0 cm³/mol. The average Bonchev–Trinajstić information content (AvgIpc) is 3.08. The van der Waals surface area contributed by atoms with E-state index in [2.05, 4.69) is 15.3 Å². The molecule has 0 saturated heterocycles. The molecule has 2 heterocycles. The van der Waals surface area contributed by atoms with Crippen molar-refractivity contribution >= 4 is 28.6 Å². The number of H-pyrrole nitrogens is 1. The van der Waals surface area contributed by atoms with Crippen LogP contribution in [0.2, 0.25) is 5.02 Å². The Morgan fingerprint density at radius 2 is 2.00 bits per heavy atom. The lowest BCUT2D eigenvalue weighted by Gasteiger charge is -2.04. The number of hydrogen-bond acceptors (Lipinski definition) is 4. The van der Waals surface area contributed by atoms with Gasteiger partial charge < -0.3 is 19.8 Å². The third-order valence-electron chi connectivity index (χ3n) is 3.38. The van der Waals surface area contributed by atoms with Gasteiger partial charge in [0.2, 0.25) is 12.7 Å². The van der Waals surface area contributed by atoms with E-state index < -0.39 is 0 Å². The molecule has 0 spiro atoms. The first-order chi connectivity index (χ1) is 10.3. The number of nitrogens with one attached hydrogen (secondary N) is 2. The van der Waals surface area contributed by atoms with Crippen molar-refractivity contribution in [2.24, 2.45) is 0 Å². The monoisotopic (exact) mass is 301 g/mol. The van der Waals surface area contributed by atoms with Crippen LogP contribution >= 0.6 is 11.6 Å².